The van der Waals surface area contributed by atoms with Crippen LogP contribution in [0.25, 0.3) is 0 Å². The summed E-state index contributed by atoms with van der Waals surface area (Å²) in [5.41, 5.74) is -0.0469. The molecule has 2 amide bonds. The lowest BCUT2D eigenvalue weighted by atomic mass is 10.1. The Morgan fingerprint density at radius 2 is 1.83 bits per heavy atom. The summed E-state index contributed by atoms with van der Waals surface area (Å²) in [4.78, 5) is 13.7. The third-order valence-electron chi connectivity index (χ3n) is 4.44. The van der Waals surface area contributed by atoms with E-state index in [1.165, 1.54) is 24.1 Å². The van der Waals surface area contributed by atoms with Crippen molar-refractivity contribution in [2.45, 2.75) is 26.6 Å². The molecule has 0 saturated carbocycles. The van der Waals surface area contributed by atoms with E-state index >= 15 is 0 Å². The monoisotopic (exact) mass is 419 g/mol. The molecule has 0 unspecified atom stereocenters. The van der Waals surface area contributed by atoms with Crippen LogP contribution in [-0.2, 0) is 12.7 Å². The Morgan fingerprint density at radius 1 is 1.13 bits per heavy atom. The average molecular weight is 419 g/mol. The van der Waals surface area contributed by atoms with E-state index in [-0.39, 0.29) is 18.0 Å². The summed E-state index contributed by atoms with van der Waals surface area (Å²) in [6, 6.07) is 11.2. The first-order valence-corrected chi connectivity index (χ1v) is 9.03. The molecule has 3 aromatic rings. The molecule has 0 aliphatic heterocycles. The van der Waals surface area contributed by atoms with Gasteiger partial charge in [0.05, 0.1) is 23.5 Å². The molecule has 0 atom stereocenters. The molecule has 6 nitrogen and oxygen atoms in total. The van der Waals surface area contributed by atoms with Crippen molar-refractivity contribution < 1.29 is 27.2 Å². The number of benzene rings is 2. The number of rotatable bonds is 5. The Morgan fingerprint density at radius 3 is 2.43 bits per heavy atom. The summed E-state index contributed by atoms with van der Waals surface area (Å²) in [5, 5.41) is 6.13. The molecule has 0 spiro atoms. The van der Waals surface area contributed by atoms with Gasteiger partial charge in [0.15, 0.2) is 0 Å². The van der Waals surface area contributed by atoms with Crippen LogP contribution in [0, 0.1) is 13.8 Å². The maximum Gasteiger partial charge on any atom is 0.418 e. The van der Waals surface area contributed by atoms with Crippen molar-refractivity contribution in [3.05, 3.63) is 71.1 Å². The number of anilines is 1. The molecule has 0 bridgehead atoms. The number of alkyl halides is 3. The van der Waals surface area contributed by atoms with Crippen LogP contribution in [0.5, 0.6) is 11.5 Å². The Balaban J connectivity index is 1.79. The standard InChI is InChI=1S/C21H20F3N3O3/c1-13-17(14(2)30-26-13)12-27(3)20(28)25-19-10-9-16(11-18(19)21(22,23)24)29-15-7-5-4-6-8-15/h4-11H,12H2,1-3H3,(H,25,28). The summed E-state index contributed by atoms with van der Waals surface area (Å²) in [6.07, 6.45) is -4.68. The molecule has 0 saturated heterocycles. The molecule has 9 heteroatoms. The van der Waals surface area contributed by atoms with Gasteiger partial charge in [0.2, 0.25) is 0 Å². The fourth-order valence-corrected chi connectivity index (χ4v) is 2.80. The van der Waals surface area contributed by atoms with Crippen molar-refractivity contribution in [3.8, 4) is 11.5 Å². The lowest BCUT2D eigenvalue weighted by Gasteiger charge is -2.20. The molecule has 1 N–H and O–H groups in total. The second-order valence-electron chi connectivity index (χ2n) is 6.71. The van der Waals surface area contributed by atoms with Crippen molar-refractivity contribution in [3.63, 3.8) is 0 Å². The van der Waals surface area contributed by atoms with Gasteiger partial charge in [-0.25, -0.2) is 4.79 Å². The van der Waals surface area contributed by atoms with Crippen molar-refractivity contribution in [1.29, 1.82) is 0 Å². The smallest absolute Gasteiger partial charge is 0.418 e. The SMILES string of the molecule is Cc1noc(C)c1CN(C)C(=O)Nc1ccc(Oc2ccccc2)cc1C(F)(F)F. The molecular weight excluding hydrogens is 399 g/mol. The average Bonchev–Trinajstić information content (AvgIpc) is 3.01. The van der Waals surface area contributed by atoms with Gasteiger partial charge in [-0.2, -0.15) is 13.2 Å². The largest absolute Gasteiger partial charge is 0.457 e. The molecule has 158 valence electrons. The number of amides is 2. The number of urea groups is 1. The molecule has 0 radical (unpaired) electrons. The van der Waals surface area contributed by atoms with Crippen molar-refractivity contribution >= 4 is 11.7 Å². The van der Waals surface area contributed by atoms with E-state index in [9.17, 15) is 18.0 Å². The molecule has 2 aromatic carbocycles. The minimum absolute atomic E-state index is 0.00981. The first kappa shape index (κ1) is 21.2. The number of para-hydroxylation sites is 1. The van der Waals surface area contributed by atoms with Crippen LogP contribution >= 0.6 is 0 Å². The van der Waals surface area contributed by atoms with Crippen molar-refractivity contribution in [1.82, 2.24) is 10.1 Å². The maximum atomic E-state index is 13.6. The van der Waals surface area contributed by atoms with Crippen LogP contribution < -0.4 is 10.1 Å². The van der Waals surface area contributed by atoms with E-state index < -0.39 is 17.8 Å². The fourth-order valence-electron chi connectivity index (χ4n) is 2.80. The third-order valence-corrected chi connectivity index (χ3v) is 4.44. The zero-order valence-corrected chi connectivity index (χ0v) is 16.6. The third kappa shape index (κ3) is 4.91. The second kappa shape index (κ2) is 8.48. The van der Waals surface area contributed by atoms with Gasteiger partial charge in [-0.05, 0) is 44.2 Å². The van der Waals surface area contributed by atoms with E-state index in [2.05, 4.69) is 10.5 Å². The van der Waals surface area contributed by atoms with Gasteiger partial charge in [-0.3, -0.25) is 0 Å². The lowest BCUT2D eigenvalue weighted by molar-refractivity contribution is -0.137. The highest BCUT2D eigenvalue weighted by molar-refractivity contribution is 5.90. The number of hydrogen-bond acceptors (Lipinski definition) is 4. The minimum atomic E-state index is -4.68. The van der Waals surface area contributed by atoms with Gasteiger partial charge in [0.25, 0.3) is 0 Å². The number of carbonyl (C=O) groups excluding carboxylic acids is 1. The van der Waals surface area contributed by atoms with Crippen LogP contribution in [-0.4, -0.2) is 23.1 Å². The second-order valence-corrected chi connectivity index (χ2v) is 6.71. The van der Waals surface area contributed by atoms with Crippen LogP contribution in [0.1, 0.15) is 22.6 Å². The maximum absolute atomic E-state index is 13.6. The summed E-state index contributed by atoms with van der Waals surface area (Å²) < 4.78 is 51.3. The number of nitrogens with one attached hydrogen (secondary N) is 1. The molecule has 3 rings (SSSR count). The van der Waals surface area contributed by atoms with Gasteiger partial charge in [-0.15, -0.1) is 0 Å². The normalized spacial score (nSPS) is 11.3. The highest BCUT2D eigenvalue weighted by atomic mass is 19.4. The van der Waals surface area contributed by atoms with Crippen molar-refractivity contribution in [2.24, 2.45) is 0 Å². The Hall–Kier alpha value is -3.49. The fraction of sp³-hybridized carbons (Fsp3) is 0.238. The van der Waals surface area contributed by atoms with E-state index in [1.807, 2.05) is 0 Å². The first-order chi connectivity index (χ1) is 14.1. The summed E-state index contributed by atoms with van der Waals surface area (Å²) in [6.45, 7) is 3.57. The number of carbonyl (C=O) groups is 1. The Labute approximate surface area is 171 Å². The van der Waals surface area contributed by atoms with E-state index in [0.717, 1.165) is 6.07 Å². The minimum Gasteiger partial charge on any atom is -0.457 e. The van der Waals surface area contributed by atoms with Gasteiger partial charge >= 0.3 is 12.2 Å². The predicted octanol–water partition coefficient (Wildman–Crippen LogP) is 5.77. The number of aryl methyl sites for hydroxylation is 2. The van der Waals surface area contributed by atoms with Gasteiger partial charge in [0, 0.05) is 12.6 Å². The molecule has 0 aliphatic rings. The van der Waals surface area contributed by atoms with Crippen LogP contribution in [0.15, 0.2) is 53.1 Å². The lowest BCUT2D eigenvalue weighted by Crippen LogP contribution is -2.32. The van der Waals surface area contributed by atoms with E-state index in [0.29, 0.717) is 22.8 Å². The predicted molar refractivity (Wildman–Crippen MR) is 104 cm³/mol. The molecule has 1 heterocycles. The van der Waals surface area contributed by atoms with Gasteiger partial charge in [0.1, 0.15) is 17.3 Å². The van der Waals surface area contributed by atoms with E-state index in [4.69, 9.17) is 9.26 Å². The molecule has 0 aliphatic carbocycles. The first-order valence-electron chi connectivity index (χ1n) is 9.03. The zero-order chi connectivity index (χ0) is 21.9. The summed E-state index contributed by atoms with van der Waals surface area (Å²) >= 11 is 0. The van der Waals surface area contributed by atoms with Crippen LogP contribution in [0.2, 0.25) is 0 Å². The van der Waals surface area contributed by atoms with Gasteiger partial charge in [-0.1, -0.05) is 23.4 Å². The van der Waals surface area contributed by atoms with Crippen molar-refractivity contribution in [2.75, 3.05) is 12.4 Å². The Kier molecular flexibility index (Phi) is 6.00. The molecule has 1 aromatic heterocycles. The quantitative estimate of drug-likeness (QED) is 0.570. The number of hydrogen-bond donors (Lipinski definition) is 1. The molecule has 30 heavy (non-hydrogen) atoms. The Bertz CT molecular complexity index is 1010. The highest BCUT2D eigenvalue weighted by Gasteiger charge is 2.35. The van der Waals surface area contributed by atoms with Crippen LogP contribution in [0.4, 0.5) is 23.7 Å². The zero-order valence-electron chi connectivity index (χ0n) is 16.6. The number of nitrogens with zero attached hydrogens (tertiary/aromatic N) is 2. The number of aromatic nitrogens is 1. The summed E-state index contributed by atoms with van der Waals surface area (Å²) in [5.74, 6) is 0.961. The van der Waals surface area contributed by atoms with Crippen LogP contribution in [0.3, 0.4) is 0 Å². The number of halogens is 3. The number of ether oxygens (including phenoxy) is 1. The molecular formula is C21H20F3N3O3. The van der Waals surface area contributed by atoms with E-state index in [1.54, 1.807) is 44.2 Å². The van der Waals surface area contributed by atoms with Gasteiger partial charge < -0.3 is 19.5 Å². The topological polar surface area (TPSA) is 67.6 Å². The summed E-state index contributed by atoms with van der Waals surface area (Å²) in [7, 11) is 1.47. The highest BCUT2D eigenvalue weighted by Crippen LogP contribution is 2.38. The molecule has 0 fully saturated rings.